The van der Waals surface area contributed by atoms with Crippen molar-refractivity contribution >= 4 is 0 Å². The van der Waals surface area contributed by atoms with E-state index in [2.05, 4.69) is 30.4 Å². The maximum Gasteiger partial charge on any atom is 0.119 e. The molecule has 0 radical (unpaired) electrons. The summed E-state index contributed by atoms with van der Waals surface area (Å²) in [5.74, 6) is 2.36. The normalized spacial score (nSPS) is 22.7. The molecule has 0 aromatic heterocycles. The third kappa shape index (κ3) is 2.32. The van der Waals surface area contributed by atoms with Crippen LogP contribution in [0.3, 0.4) is 0 Å². The lowest BCUT2D eigenvalue weighted by Crippen LogP contribution is -2.14. The smallest absolute Gasteiger partial charge is 0.119 e. The average molecular weight is 205 g/mol. The molecule has 0 bridgehead atoms. The van der Waals surface area contributed by atoms with Crippen LogP contribution in [0.4, 0.5) is 0 Å². The van der Waals surface area contributed by atoms with E-state index >= 15 is 0 Å². The van der Waals surface area contributed by atoms with E-state index in [0.717, 1.165) is 18.2 Å². The van der Waals surface area contributed by atoms with Crippen LogP contribution in [-0.2, 0) is 0 Å². The van der Waals surface area contributed by atoms with Crippen molar-refractivity contribution in [3.8, 4) is 5.75 Å². The molecule has 82 valence electrons. The maximum atomic E-state index is 5.25. The van der Waals surface area contributed by atoms with Crippen molar-refractivity contribution in [2.24, 2.45) is 5.92 Å². The molecule has 1 aliphatic rings. The van der Waals surface area contributed by atoms with Gasteiger partial charge in [-0.3, -0.25) is 0 Å². The summed E-state index contributed by atoms with van der Waals surface area (Å²) in [7, 11) is 1.72. The fourth-order valence-electron chi connectivity index (χ4n) is 2.30. The topological polar surface area (TPSA) is 21.3 Å². The van der Waals surface area contributed by atoms with Gasteiger partial charge >= 0.3 is 0 Å². The molecule has 2 heteroatoms. The highest BCUT2D eigenvalue weighted by Crippen LogP contribution is 2.30. The monoisotopic (exact) mass is 205 g/mol. The van der Waals surface area contributed by atoms with Crippen LogP contribution in [-0.4, -0.2) is 20.2 Å². The molecule has 1 aromatic rings. The maximum absolute atomic E-state index is 5.25. The fourth-order valence-corrected chi connectivity index (χ4v) is 2.30. The first-order valence-corrected chi connectivity index (χ1v) is 5.66. The first-order chi connectivity index (χ1) is 7.31. The number of rotatable bonds is 3. The second-order valence-corrected chi connectivity index (χ2v) is 4.32. The molecule has 0 unspecified atom stereocenters. The molecule has 2 rings (SSSR count). The Morgan fingerprint density at radius 2 is 2.33 bits per heavy atom. The van der Waals surface area contributed by atoms with Gasteiger partial charge in [0.1, 0.15) is 5.75 Å². The zero-order chi connectivity index (χ0) is 10.7. The van der Waals surface area contributed by atoms with Crippen LogP contribution in [0, 0.1) is 5.92 Å². The quantitative estimate of drug-likeness (QED) is 0.818. The number of hydrogen-bond acceptors (Lipinski definition) is 2. The Morgan fingerprint density at radius 1 is 1.47 bits per heavy atom. The van der Waals surface area contributed by atoms with Gasteiger partial charge < -0.3 is 10.1 Å². The van der Waals surface area contributed by atoms with Gasteiger partial charge in [-0.1, -0.05) is 19.1 Å². The Hall–Kier alpha value is -1.02. The highest BCUT2D eigenvalue weighted by molar-refractivity contribution is 5.31. The number of nitrogens with one attached hydrogen (secondary N) is 1. The Labute approximate surface area is 91.6 Å². The predicted molar refractivity (Wildman–Crippen MR) is 62.4 cm³/mol. The van der Waals surface area contributed by atoms with Crippen LogP contribution < -0.4 is 10.1 Å². The summed E-state index contributed by atoms with van der Waals surface area (Å²) in [6, 6.07) is 8.44. The van der Waals surface area contributed by atoms with Gasteiger partial charge in [0.2, 0.25) is 0 Å². The van der Waals surface area contributed by atoms with Crippen LogP contribution >= 0.6 is 0 Å². The lowest BCUT2D eigenvalue weighted by Gasteiger charge is -2.19. The van der Waals surface area contributed by atoms with E-state index in [-0.39, 0.29) is 0 Å². The van der Waals surface area contributed by atoms with Crippen LogP contribution in [0.15, 0.2) is 24.3 Å². The van der Waals surface area contributed by atoms with E-state index in [1.165, 1.54) is 18.5 Å². The van der Waals surface area contributed by atoms with Gasteiger partial charge in [0.05, 0.1) is 7.11 Å². The van der Waals surface area contributed by atoms with Gasteiger partial charge in [-0.2, -0.15) is 0 Å². The van der Waals surface area contributed by atoms with E-state index in [1.807, 2.05) is 6.07 Å². The number of methoxy groups -OCH3 is 1. The first kappa shape index (κ1) is 10.5. The Bertz CT molecular complexity index is 318. The number of benzene rings is 1. The summed E-state index contributed by atoms with van der Waals surface area (Å²) in [4.78, 5) is 0. The number of hydrogen-bond donors (Lipinski definition) is 1. The van der Waals surface area contributed by atoms with Crippen molar-refractivity contribution in [3.63, 3.8) is 0 Å². The van der Waals surface area contributed by atoms with Gasteiger partial charge in [-0.05, 0) is 49.0 Å². The first-order valence-electron chi connectivity index (χ1n) is 5.66. The predicted octanol–water partition coefficient (Wildman–Crippen LogP) is 2.41. The van der Waals surface area contributed by atoms with Gasteiger partial charge in [0, 0.05) is 0 Å². The lowest BCUT2D eigenvalue weighted by molar-refractivity contribution is 0.412. The molecule has 1 aliphatic heterocycles. The van der Waals surface area contributed by atoms with Gasteiger partial charge in [-0.25, -0.2) is 0 Å². The highest BCUT2D eigenvalue weighted by Gasteiger charge is 2.22. The third-order valence-corrected chi connectivity index (χ3v) is 3.43. The molecule has 0 spiro atoms. The van der Waals surface area contributed by atoms with E-state index in [9.17, 15) is 0 Å². The van der Waals surface area contributed by atoms with Crippen molar-refractivity contribution in [2.45, 2.75) is 19.3 Å². The summed E-state index contributed by atoms with van der Waals surface area (Å²) >= 11 is 0. The largest absolute Gasteiger partial charge is 0.497 e. The molecule has 1 aromatic carbocycles. The van der Waals surface area contributed by atoms with Crippen LogP contribution in [0.5, 0.6) is 5.75 Å². The molecular formula is C13H19NO. The van der Waals surface area contributed by atoms with Crippen molar-refractivity contribution in [1.82, 2.24) is 5.32 Å². The molecule has 0 saturated carbocycles. The molecular weight excluding hydrogens is 186 g/mol. The minimum Gasteiger partial charge on any atom is -0.497 e. The van der Waals surface area contributed by atoms with Crippen molar-refractivity contribution in [1.29, 1.82) is 0 Å². The second-order valence-electron chi connectivity index (χ2n) is 4.32. The van der Waals surface area contributed by atoms with Gasteiger partial charge in [0.15, 0.2) is 0 Å². The molecule has 1 saturated heterocycles. The molecule has 1 N–H and O–H groups in total. The standard InChI is InChI=1S/C13H19NO/c1-10(12-6-7-14-9-12)11-4-3-5-13(8-11)15-2/h3-5,8,10,12,14H,6-7,9H2,1-2H3/t10-,12+/m1/s1. The SMILES string of the molecule is COc1cccc([C@@H](C)[C@H]2CCNC2)c1. The molecule has 2 nitrogen and oxygen atoms in total. The third-order valence-electron chi connectivity index (χ3n) is 3.43. The Kier molecular flexibility index (Phi) is 3.27. The molecule has 2 atom stereocenters. The summed E-state index contributed by atoms with van der Waals surface area (Å²) in [6.45, 7) is 4.63. The molecule has 0 aliphatic carbocycles. The Balaban J connectivity index is 2.13. The summed E-state index contributed by atoms with van der Waals surface area (Å²) in [5, 5.41) is 3.42. The van der Waals surface area contributed by atoms with Crippen LogP contribution in [0.25, 0.3) is 0 Å². The molecule has 0 amide bonds. The van der Waals surface area contributed by atoms with Crippen molar-refractivity contribution in [2.75, 3.05) is 20.2 Å². The average Bonchev–Trinajstić information content (AvgIpc) is 2.81. The molecule has 15 heavy (non-hydrogen) atoms. The van der Waals surface area contributed by atoms with Crippen LogP contribution in [0.2, 0.25) is 0 Å². The molecule has 1 fully saturated rings. The number of ether oxygens (including phenoxy) is 1. The van der Waals surface area contributed by atoms with Gasteiger partial charge in [0.25, 0.3) is 0 Å². The van der Waals surface area contributed by atoms with Crippen molar-refractivity contribution in [3.05, 3.63) is 29.8 Å². The Morgan fingerprint density at radius 3 is 3.00 bits per heavy atom. The zero-order valence-corrected chi connectivity index (χ0v) is 9.49. The summed E-state index contributed by atoms with van der Waals surface area (Å²) in [6.07, 6.45) is 1.29. The molecule has 1 heterocycles. The van der Waals surface area contributed by atoms with E-state index in [1.54, 1.807) is 7.11 Å². The van der Waals surface area contributed by atoms with E-state index in [4.69, 9.17) is 4.74 Å². The van der Waals surface area contributed by atoms with Gasteiger partial charge in [-0.15, -0.1) is 0 Å². The minimum atomic E-state index is 0.620. The van der Waals surface area contributed by atoms with E-state index < -0.39 is 0 Å². The summed E-state index contributed by atoms with van der Waals surface area (Å²) < 4.78 is 5.25. The van der Waals surface area contributed by atoms with Crippen LogP contribution in [0.1, 0.15) is 24.8 Å². The minimum absolute atomic E-state index is 0.620. The summed E-state index contributed by atoms with van der Waals surface area (Å²) in [5.41, 5.74) is 1.39. The highest BCUT2D eigenvalue weighted by atomic mass is 16.5. The van der Waals surface area contributed by atoms with E-state index in [0.29, 0.717) is 5.92 Å². The second kappa shape index (κ2) is 4.67. The lowest BCUT2D eigenvalue weighted by atomic mass is 9.87. The fraction of sp³-hybridized carbons (Fsp3) is 0.538. The zero-order valence-electron chi connectivity index (χ0n) is 9.49. The van der Waals surface area contributed by atoms with Crippen molar-refractivity contribution < 1.29 is 4.74 Å².